The van der Waals surface area contributed by atoms with Crippen molar-refractivity contribution in [2.24, 2.45) is 0 Å². The van der Waals surface area contributed by atoms with Crippen LogP contribution in [0.1, 0.15) is 23.8 Å². The van der Waals surface area contributed by atoms with Gasteiger partial charge in [0.1, 0.15) is 0 Å². The lowest BCUT2D eigenvalue weighted by molar-refractivity contribution is 0.0912. The van der Waals surface area contributed by atoms with E-state index in [0.29, 0.717) is 12.1 Å². The van der Waals surface area contributed by atoms with Gasteiger partial charge in [-0.2, -0.15) is 5.10 Å². The number of sulfone groups is 1. The van der Waals surface area contributed by atoms with Gasteiger partial charge in [0.25, 0.3) is 5.91 Å². The lowest BCUT2D eigenvalue weighted by atomic mass is 10.0. The molecule has 1 saturated heterocycles. The summed E-state index contributed by atoms with van der Waals surface area (Å²) in [6.45, 7) is 1.75. The molecule has 3 rings (SSSR count). The number of nitrogens with one attached hydrogen (secondary N) is 2. The molecule has 7 heteroatoms. The summed E-state index contributed by atoms with van der Waals surface area (Å²) in [5.41, 5.74) is 0.364. The molecule has 1 aromatic heterocycles. The topological polar surface area (TPSA) is 91.9 Å². The molecule has 2 heterocycles. The molecular formula is C13H15N3O3S. The van der Waals surface area contributed by atoms with Crippen LogP contribution in [0.3, 0.4) is 0 Å². The molecule has 0 radical (unpaired) electrons. The highest BCUT2D eigenvalue weighted by Gasteiger charge is 2.40. The quantitative estimate of drug-likeness (QED) is 0.859. The molecule has 6 nitrogen and oxygen atoms in total. The fourth-order valence-corrected chi connectivity index (χ4v) is 4.67. The van der Waals surface area contributed by atoms with Crippen molar-refractivity contribution in [1.29, 1.82) is 0 Å². The Kier molecular flexibility index (Phi) is 2.82. The Morgan fingerprint density at radius 3 is 2.85 bits per heavy atom. The van der Waals surface area contributed by atoms with E-state index >= 15 is 0 Å². The predicted octanol–water partition coefficient (Wildman–Crippen LogP) is 0.870. The van der Waals surface area contributed by atoms with Crippen molar-refractivity contribution in [3.63, 3.8) is 0 Å². The number of carbonyl (C=O) groups excluding carboxylic acids is 1. The maximum Gasteiger partial charge on any atom is 0.272 e. The predicted molar refractivity (Wildman–Crippen MR) is 75.2 cm³/mol. The first-order valence-corrected chi connectivity index (χ1v) is 8.17. The van der Waals surface area contributed by atoms with Gasteiger partial charge in [-0.25, -0.2) is 8.42 Å². The third-order valence-corrected chi connectivity index (χ3v) is 5.51. The average molecular weight is 293 g/mol. The summed E-state index contributed by atoms with van der Waals surface area (Å²) in [7, 11) is -3.05. The number of aromatic nitrogens is 2. The Bertz CT molecular complexity index is 781. The van der Waals surface area contributed by atoms with Crippen molar-refractivity contribution in [2.75, 3.05) is 11.5 Å². The Hall–Kier alpha value is -1.89. The summed E-state index contributed by atoms with van der Waals surface area (Å²) in [6, 6.07) is 7.33. The lowest BCUT2D eigenvalue weighted by Crippen LogP contribution is -2.47. The monoisotopic (exact) mass is 293 g/mol. The lowest BCUT2D eigenvalue weighted by Gasteiger charge is -2.23. The van der Waals surface area contributed by atoms with Crippen LogP contribution in [0.15, 0.2) is 24.3 Å². The summed E-state index contributed by atoms with van der Waals surface area (Å²) in [5, 5.41) is 10.3. The van der Waals surface area contributed by atoms with Gasteiger partial charge in [-0.05, 0) is 19.4 Å². The van der Waals surface area contributed by atoms with Crippen molar-refractivity contribution >= 4 is 26.6 Å². The van der Waals surface area contributed by atoms with E-state index in [1.165, 1.54) is 0 Å². The molecule has 1 aliphatic heterocycles. The SMILES string of the molecule is CC1(NC(=O)c2n[nH]c3ccccc23)CCS(=O)(=O)C1. The minimum atomic E-state index is -3.05. The summed E-state index contributed by atoms with van der Waals surface area (Å²) < 4.78 is 23.1. The molecule has 0 spiro atoms. The van der Waals surface area contributed by atoms with Gasteiger partial charge < -0.3 is 5.32 Å². The molecule has 0 aliphatic carbocycles. The highest BCUT2D eigenvalue weighted by Crippen LogP contribution is 2.24. The first-order chi connectivity index (χ1) is 9.39. The van der Waals surface area contributed by atoms with Crippen molar-refractivity contribution in [1.82, 2.24) is 15.5 Å². The van der Waals surface area contributed by atoms with E-state index in [9.17, 15) is 13.2 Å². The van der Waals surface area contributed by atoms with Gasteiger partial charge in [0.15, 0.2) is 15.5 Å². The van der Waals surface area contributed by atoms with Gasteiger partial charge in [-0.1, -0.05) is 18.2 Å². The van der Waals surface area contributed by atoms with Crippen molar-refractivity contribution < 1.29 is 13.2 Å². The molecule has 0 saturated carbocycles. The van der Waals surface area contributed by atoms with Crippen LogP contribution in [0.4, 0.5) is 0 Å². The van der Waals surface area contributed by atoms with Crippen LogP contribution in [0.2, 0.25) is 0 Å². The number of H-pyrrole nitrogens is 1. The van der Waals surface area contributed by atoms with Gasteiger partial charge in [0.2, 0.25) is 0 Å². The van der Waals surface area contributed by atoms with Gasteiger partial charge in [-0.15, -0.1) is 0 Å². The molecule has 2 N–H and O–H groups in total. The minimum absolute atomic E-state index is 0.0197. The average Bonchev–Trinajstić information content (AvgIpc) is 2.90. The molecule has 1 aliphatic rings. The third kappa shape index (κ3) is 2.29. The van der Waals surface area contributed by atoms with E-state index in [2.05, 4.69) is 15.5 Å². The molecular weight excluding hydrogens is 278 g/mol. The number of benzene rings is 1. The smallest absolute Gasteiger partial charge is 0.272 e. The van der Waals surface area contributed by atoms with Gasteiger partial charge in [0, 0.05) is 5.39 Å². The highest BCUT2D eigenvalue weighted by atomic mass is 32.2. The van der Waals surface area contributed by atoms with E-state index in [-0.39, 0.29) is 17.4 Å². The number of aromatic amines is 1. The summed E-state index contributed by atoms with van der Waals surface area (Å²) in [4.78, 5) is 12.3. The maximum absolute atomic E-state index is 12.3. The van der Waals surface area contributed by atoms with Crippen LogP contribution >= 0.6 is 0 Å². The number of carbonyl (C=O) groups is 1. The Morgan fingerprint density at radius 1 is 1.40 bits per heavy atom. The third-order valence-electron chi connectivity index (χ3n) is 3.60. The van der Waals surface area contributed by atoms with Crippen molar-refractivity contribution in [3.8, 4) is 0 Å². The van der Waals surface area contributed by atoms with Crippen LogP contribution in [0.5, 0.6) is 0 Å². The van der Waals surface area contributed by atoms with E-state index in [1.54, 1.807) is 6.92 Å². The van der Waals surface area contributed by atoms with Gasteiger partial charge in [-0.3, -0.25) is 9.89 Å². The van der Waals surface area contributed by atoms with E-state index in [1.807, 2.05) is 24.3 Å². The Labute approximate surface area is 116 Å². The van der Waals surface area contributed by atoms with Gasteiger partial charge >= 0.3 is 0 Å². The molecule has 106 valence electrons. The molecule has 0 bridgehead atoms. The zero-order chi connectivity index (χ0) is 14.4. The fourth-order valence-electron chi connectivity index (χ4n) is 2.58. The van der Waals surface area contributed by atoms with Crippen LogP contribution < -0.4 is 5.32 Å². The normalized spacial score (nSPS) is 24.9. The summed E-state index contributed by atoms with van der Waals surface area (Å²) >= 11 is 0. The minimum Gasteiger partial charge on any atom is -0.344 e. The standard InChI is InChI=1S/C13H15N3O3S/c1-13(6-7-20(18,19)8-13)14-12(17)11-9-4-2-3-5-10(9)15-16-11/h2-5H,6-8H2,1H3,(H,14,17)(H,15,16). The van der Waals surface area contributed by atoms with E-state index in [4.69, 9.17) is 0 Å². The van der Waals surface area contributed by atoms with E-state index < -0.39 is 15.4 Å². The van der Waals surface area contributed by atoms with Gasteiger partial charge in [0.05, 0.1) is 22.6 Å². The van der Waals surface area contributed by atoms with Crippen LogP contribution in [-0.4, -0.2) is 41.6 Å². The molecule has 1 fully saturated rings. The Balaban J connectivity index is 1.87. The zero-order valence-corrected chi connectivity index (χ0v) is 11.8. The van der Waals surface area contributed by atoms with E-state index in [0.717, 1.165) is 10.9 Å². The highest BCUT2D eigenvalue weighted by molar-refractivity contribution is 7.91. The second kappa shape index (κ2) is 4.31. The molecule has 1 amide bonds. The molecule has 20 heavy (non-hydrogen) atoms. The second-order valence-electron chi connectivity index (χ2n) is 5.47. The molecule has 2 aromatic rings. The number of para-hydroxylation sites is 1. The van der Waals surface area contributed by atoms with Crippen LogP contribution in [0, 0.1) is 0 Å². The zero-order valence-electron chi connectivity index (χ0n) is 11.0. The van der Waals surface area contributed by atoms with Crippen molar-refractivity contribution in [2.45, 2.75) is 18.9 Å². The number of nitrogens with zero attached hydrogens (tertiary/aromatic N) is 1. The Morgan fingerprint density at radius 2 is 2.15 bits per heavy atom. The van der Waals surface area contributed by atoms with Crippen LogP contribution in [-0.2, 0) is 9.84 Å². The molecule has 1 aromatic carbocycles. The maximum atomic E-state index is 12.3. The molecule has 1 unspecified atom stereocenters. The number of hydrogen-bond donors (Lipinski definition) is 2. The first-order valence-electron chi connectivity index (χ1n) is 6.35. The number of amides is 1. The largest absolute Gasteiger partial charge is 0.344 e. The number of hydrogen-bond acceptors (Lipinski definition) is 4. The second-order valence-corrected chi connectivity index (χ2v) is 7.66. The summed E-state index contributed by atoms with van der Waals surface area (Å²) in [5.74, 6) is -0.249. The van der Waals surface area contributed by atoms with Crippen LogP contribution in [0.25, 0.3) is 10.9 Å². The number of fused-ring (bicyclic) bond motifs is 1. The summed E-state index contributed by atoms with van der Waals surface area (Å²) in [6.07, 6.45) is 0.434. The number of rotatable bonds is 2. The van der Waals surface area contributed by atoms with Crippen molar-refractivity contribution in [3.05, 3.63) is 30.0 Å². The first kappa shape index (κ1) is 13.1. The molecule has 1 atom stereocenters. The fraction of sp³-hybridized carbons (Fsp3) is 0.385.